The zero-order chi connectivity index (χ0) is 43.3. The molecule has 0 saturated carbocycles. The summed E-state index contributed by atoms with van der Waals surface area (Å²) in [4.78, 5) is 9.92. The van der Waals surface area contributed by atoms with Crippen molar-refractivity contribution in [3.05, 3.63) is 168 Å². The Labute approximate surface area is 388 Å². The maximum atomic E-state index is 6.38. The molecule has 10 aromatic rings. The van der Waals surface area contributed by atoms with E-state index in [1.165, 1.54) is 43.9 Å². The minimum Gasteiger partial charge on any atom is -0.500 e. The van der Waals surface area contributed by atoms with Gasteiger partial charge in [-0.05, 0) is 80.9 Å². The average molecular weight is 1060 g/mol. The van der Waals surface area contributed by atoms with Crippen molar-refractivity contribution in [1.82, 2.24) is 14.5 Å². The summed E-state index contributed by atoms with van der Waals surface area (Å²) in [7, 11) is 0. The topological polar surface area (TPSA) is 43.9 Å². The Bertz CT molecular complexity index is 3220. The third kappa shape index (κ3) is 8.81. The predicted molar refractivity (Wildman–Crippen MR) is 266 cm³/mol. The third-order valence-electron chi connectivity index (χ3n) is 12.0. The molecule has 0 saturated heterocycles. The van der Waals surface area contributed by atoms with Crippen LogP contribution in [0.15, 0.2) is 144 Å². The van der Waals surface area contributed by atoms with Crippen LogP contribution in [0.3, 0.4) is 0 Å². The molecule has 3 aromatic heterocycles. The fourth-order valence-electron chi connectivity index (χ4n) is 8.97. The van der Waals surface area contributed by atoms with Gasteiger partial charge in [-0.2, -0.15) is 0 Å². The fourth-order valence-corrected chi connectivity index (χ4v) is 12.3. The van der Waals surface area contributed by atoms with E-state index in [2.05, 4.69) is 191 Å². The first-order valence-electron chi connectivity index (χ1n) is 22.1. The minimum atomic E-state index is -1.86. The Morgan fingerprint density at radius 3 is 1.94 bits per heavy atom. The number of imidazole rings is 1. The van der Waals surface area contributed by atoms with Crippen molar-refractivity contribution in [3.8, 4) is 28.3 Å². The summed E-state index contributed by atoms with van der Waals surface area (Å²) < 4.78 is 10.3. The van der Waals surface area contributed by atoms with E-state index in [4.69, 9.17) is 14.4 Å². The fraction of sp³-hybridized carbons (Fsp3) is 0.228. The molecule has 0 bridgehead atoms. The number of rotatable bonds is 8. The maximum absolute atomic E-state index is 6.38. The van der Waals surface area contributed by atoms with Crippen LogP contribution in [0.2, 0.25) is 17.3 Å². The standard InChI is InChI=1S/C39H31N2O.C18H24GeN.Ir/c1-23(2)30-12-9-13-31(24(3)4)38(30)41-35-15-8-7-14-34(35)40-39(41)27-16-17-36-32(20-27)33-21-28-18-25-10-5-6-11-26(25)19-29(28)22-37(33)42-36;1-14(2)11-16-12-18(15-9-7-6-8-10-15)20-13-17(16)19(3,4)5;/h5-15,17-24H,1-4H3;6-9,12-14H,11H2,1-5H3;/q2*-1;. The molecule has 0 aliphatic heterocycles. The van der Waals surface area contributed by atoms with Crippen molar-refractivity contribution in [2.24, 2.45) is 5.92 Å². The molecule has 0 amide bonds. The molecule has 1 radical (unpaired) electrons. The molecule has 7 aromatic carbocycles. The van der Waals surface area contributed by atoms with Crippen LogP contribution in [0.4, 0.5) is 0 Å². The van der Waals surface area contributed by atoms with E-state index in [0.29, 0.717) is 17.8 Å². The van der Waals surface area contributed by atoms with Gasteiger partial charge in [0.2, 0.25) is 0 Å². The molecule has 6 heteroatoms. The number of benzene rings is 7. The van der Waals surface area contributed by atoms with Crippen molar-refractivity contribution < 1.29 is 24.5 Å². The number of pyridine rings is 1. The summed E-state index contributed by atoms with van der Waals surface area (Å²) in [6.45, 7) is 13.6. The van der Waals surface area contributed by atoms with E-state index in [0.717, 1.165) is 62.0 Å². The largest absolute Gasteiger partial charge is 0.500 e. The van der Waals surface area contributed by atoms with Crippen LogP contribution in [0.25, 0.3) is 82.8 Å². The zero-order valence-electron chi connectivity index (χ0n) is 37.8. The molecule has 0 aliphatic rings. The van der Waals surface area contributed by atoms with Crippen LogP contribution in [0, 0.1) is 18.1 Å². The van der Waals surface area contributed by atoms with Gasteiger partial charge in [-0.3, -0.25) is 4.98 Å². The Morgan fingerprint density at radius 1 is 0.635 bits per heavy atom. The van der Waals surface area contributed by atoms with Crippen LogP contribution < -0.4 is 4.40 Å². The first-order valence-corrected chi connectivity index (χ1v) is 29.5. The van der Waals surface area contributed by atoms with Crippen LogP contribution in [0.5, 0.6) is 0 Å². The van der Waals surface area contributed by atoms with Gasteiger partial charge in [0.25, 0.3) is 0 Å². The summed E-state index contributed by atoms with van der Waals surface area (Å²) in [6, 6.07) is 54.0. The maximum Gasteiger partial charge on any atom is 0.121 e. The number of para-hydroxylation sites is 3. The van der Waals surface area contributed by atoms with E-state index >= 15 is 0 Å². The van der Waals surface area contributed by atoms with Gasteiger partial charge in [0.05, 0.1) is 22.4 Å². The van der Waals surface area contributed by atoms with Crippen LogP contribution in [-0.4, -0.2) is 27.8 Å². The van der Waals surface area contributed by atoms with Gasteiger partial charge < -0.3 is 8.98 Å². The van der Waals surface area contributed by atoms with Crippen molar-refractivity contribution in [2.45, 2.75) is 77.1 Å². The predicted octanol–water partition coefficient (Wildman–Crippen LogP) is 15.2. The molecule has 4 nitrogen and oxygen atoms in total. The summed E-state index contributed by atoms with van der Waals surface area (Å²) in [5.74, 6) is 9.62. The SMILES string of the molecule is CC(C)Cc1cc(-c2[c-]cccc2)nc[c]1[Ge]([CH3])([CH3])[CH3].CC(C)c1cccc(C(C)C)c1-n1c(-c2[c-]cc3oc4cc5cc6ccccc6cc5cc4c3c2)nc2ccccc21.[Ir]. The van der Waals surface area contributed by atoms with Crippen LogP contribution >= 0.6 is 0 Å². The number of nitrogens with zero attached hydrogens (tertiary/aromatic N) is 3. The van der Waals surface area contributed by atoms with Crippen molar-refractivity contribution >= 4 is 72.2 Å². The van der Waals surface area contributed by atoms with Crippen LogP contribution in [-0.2, 0) is 26.5 Å². The van der Waals surface area contributed by atoms with Gasteiger partial charge in [-0.15, -0.1) is 23.8 Å². The van der Waals surface area contributed by atoms with Gasteiger partial charge in [0, 0.05) is 31.2 Å². The van der Waals surface area contributed by atoms with Gasteiger partial charge in [0.15, 0.2) is 0 Å². The summed E-state index contributed by atoms with van der Waals surface area (Å²) in [5, 5.41) is 7.04. The number of aromatic nitrogens is 3. The number of fused-ring (bicyclic) bond motifs is 6. The summed E-state index contributed by atoms with van der Waals surface area (Å²) in [6.07, 6.45) is 3.27. The van der Waals surface area contributed by atoms with Crippen molar-refractivity contribution in [2.75, 3.05) is 0 Å². The van der Waals surface area contributed by atoms with E-state index < -0.39 is 13.3 Å². The molecule has 0 aliphatic carbocycles. The van der Waals surface area contributed by atoms with Gasteiger partial charge in [-0.25, -0.2) is 0 Å². The van der Waals surface area contributed by atoms with Crippen molar-refractivity contribution in [1.29, 1.82) is 0 Å². The van der Waals surface area contributed by atoms with Crippen LogP contribution in [0.1, 0.15) is 70.1 Å². The van der Waals surface area contributed by atoms with Gasteiger partial charge in [0.1, 0.15) is 5.58 Å². The minimum absolute atomic E-state index is 0. The smallest absolute Gasteiger partial charge is 0.121 e. The second-order valence-electron chi connectivity index (χ2n) is 18.8. The summed E-state index contributed by atoms with van der Waals surface area (Å²) in [5.41, 5.74) is 12.3. The molecule has 3 heterocycles. The molecule has 0 unspecified atom stereocenters. The second kappa shape index (κ2) is 18.0. The Kier molecular flexibility index (Phi) is 12.7. The number of hydrogen-bond donors (Lipinski definition) is 0. The Morgan fingerprint density at radius 2 is 1.29 bits per heavy atom. The number of furan rings is 1. The summed E-state index contributed by atoms with van der Waals surface area (Å²) >= 11 is -1.86. The monoisotopic (exact) mass is 1060 g/mol. The third-order valence-corrected chi connectivity index (χ3v) is 16.3. The molecule has 10 rings (SSSR count). The normalized spacial score (nSPS) is 11.9. The first-order chi connectivity index (χ1) is 29.8. The molecular formula is C57H55GeIrN3O-2. The van der Waals surface area contributed by atoms with Crippen molar-refractivity contribution in [3.63, 3.8) is 0 Å². The van der Waals surface area contributed by atoms with E-state index in [1.807, 2.05) is 24.3 Å². The first kappa shape index (κ1) is 44.3. The molecule has 0 spiro atoms. The molecule has 319 valence electrons. The quantitative estimate of drug-likeness (QED) is 0.0865. The molecule has 0 fully saturated rings. The number of hydrogen-bond acceptors (Lipinski definition) is 3. The van der Waals surface area contributed by atoms with E-state index in [9.17, 15) is 0 Å². The molecule has 63 heavy (non-hydrogen) atoms. The zero-order valence-corrected chi connectivity index (χ0v) is 42.3. The Balaban J connectivity index is 0.000000219. The Hall–Kier alpha value is -5.33. The van der Waals surface area contributed by atoms with Gasteiger partial charge in [-0.1, -0.05) is 87.7 Å². The second-order valence-corrected chi connectivity index (χ2v) is 29.4. The molecular weight excluding hydrogens is 1010 g/mol. The van der Waals surface area contributed by atoms with E-state index in [1.54, 1.807) is 4.40 Å². The molecule has 0 atom stereocenters. The molecule has 0 N–H and O–H groups in total. The average Bonchev–Trinajstić information content (AvgIpc) is 3.82. The van der Waals surface area contributed by atoms with Gasteiger partial charge >= 0.3 is 126 Å². The van der Waals surface area contributed by atoms with E-state index in [-0.39, 0.29) is 20.1 Å².